The van der Waals surface area contributed by atoms with Gasteiger partial charge in [0.1, 0.15) is 17.7 Å². The zero-order chi connectivity index (χ0) is 36.6. The van der Waals surface area contributed by atoms with E-state index in [1.54, 1.807) is 56.4 Å². The molecule has 0 aromatic carbocycles. The minimum Gasteiger partial charge on any atom is -0.444 e. The monoisotopic (exact) mass is 741 g/mol. The van der Waals surface area contributed by atoms with Crippen molar-refractivity contribution in [1.29, 1.82) is 0 Å². The van der Waals surface area contributed by atoms with E-state index in [1.165, 1.54) is 16.2 Å². The van der Waals surface area contributed by atoms with Crippen LogP contribution in [-0.4, -0.2) is 105 Å². The number of carbonyl (C=O) groups excluding carboxylic acids is 6. The Labute approximate surface area is 301 Å². The standard InChI is InChI=1S/C33H51N5O8S3/c1-8-11-20(25(41)28(43)34-17-24(40)35-21(18-39)23-12-9-13-47-23)36-27(42)22-16-33(48-14-10-15-49-33)19-38(22)29(44)26(31(2,3)4)37-30(45)46-32(5,6)7/h9,12-13,20-22,26,39H,8,10-11,14-19H2,1-7H3,(H,34,43)(H,35,40)(H,36,42)(H,37,45)/t20?,21?,22-,26?/m0/s1. The van der Waals surface area contributed by atoms with Gasteiger partial charge in [0, 0.05) is 17.8 Å². The normalized spacial score (nSPS) is 19.3. The van der Waals surface area contributed by atoms with E-state index in [0.717, 1.165) is 22.8 Å². The molecule has 1 spiro atoms. The minimum absolute atomic E-state index is 0.162. The lowest BCUT2D eigenvalue weighted by Crippen LogP contribution is -2.59. The summed E-state index contributed by atoms with van der Waals surface area (Å²) in [6.45, 7) is 11.9. The molecule has 0 aliphatic carbocycles. The van der Waals surface area contributed by atoms with Crippen LogP contribution in [-0.2, 0) is 28.7 Å². The van der Waals surface area contributed by atoms with Crippen molar-refractivity contribution in [2.24, 2.45) is 5.41 Å². The second-order valence-corrected chi connectivity index (χ2v) is 18.5. The molecule has 2 aliphatic heterocycles. The number of hydrogen-bond acceptors (Lipinski definition) is 11. The number of nitrogens with zero attached hydrogens (tertiary/aromatic N) is 1. The Morgan fingerprint density at radius 2 is 1.71 bits per heavy atom. The maximum atomic E-state index is 14.3. The summed E-state index contributed by atoms with van der Waals surface area (Å²) in [4.78, 5) is 82.0. The number of aliphatic hydroxyl groups excluding tert-OH is 1. The molecule has 0 bridgehead atoms. The van der Waals surface area contributed by atoms with Gasteiger partial charge in [-0.1, -0.05) is 40.2 Å². The second kappa shape index (κ2) is 17.4. The summed E-state index contributed by atoms with van der Waals surface area (Å²) >= 11 is 4.77. The number of nitrogens with one attached hydrogen (secondary N) is 4. The van der Waals surface area contributed by atoms with Gasteiger partial charge in [-0.3, -0.25) is 24.0 Å². The van der Waals surface area contributed by atoms with Crippen molar-refractivity contribution in [3.8, 4) is 0 Å². The Hall–Kier alpha value is -2.82. The molecule has 3 unspecified atom stereocenters. The lowest BCUT2D eigenvalue weighted by molar-refractivity contribution is -0.144. The zero-order valence-corrected chi connectivity index (χ0v) is 31.8. The SMILES string of the molecule is CCCC(NC(=O)[C@@H]1CC2(CN1C(=O)C(NC(=O)OC(C)(C)C)C(C)(C)C)SCCCS2)C(=O)C(=O)NCC(=O)NC(CO)c1cccs1. The van der Waals surface area contributed by atoms with E-state index in [1.807, 2.05) is 33.1 Å². The fraction of sp³-hybridized carbons (Fsp3) is 0.697. The molecule has 0 radical (unpaired) electrons. The van der Waals surface area contributed by atoms with Crippen molar-refractivity contribution in [3.05, 3.63) is 22.4 Å². The highest BCUT2D eigenvalue weighted by atomic mass is 32.2. The van der Waals surface area contributed by atoms with E-state index >= 15 is 0 Å². The van der Waals surface area contributed by atoms with Gasteiger partial charge in [0.25, 0.3) is 5.91 Å². The first-order valence-electron chi connectivity index (χ1n) is 16.5. The lowest BCUT2D eigenvalue weighted by atomic mass is 9.85. The number of thiophene rings is 1. The molecule has 2 fully saturated rings. The molecule has 1 aromatic rings. The largest absolute Gasteiger partial charge is 0.444 e. The van der Waals surface area contributed by atoms with Crippen molar-refractivity contribution >= 4 is 70.4 Å². The molecule has 2 saturated heterocycles. The van der Waals surface area contributed by atoms with Crippen molar-refractivity contribution < 1.29 is 38.6 Å². The van der Waals surface area contributed by atoms with Crippen LogP contribution in [0.15, 0.2) is 17.5 Å². The van der Waals surface area contributed by atoms with Crippen molar-refractivity contribution in [1.82, 2.24) is 26.2 Å². The molecule has 3 rings (SSSR count). The maximum Gasteiger partial charge on any atom is 0.408 e. The van der Waals surface area contributed by atoms with Crippen LogP contribution in [0.25, 0.3) is 0 Å². The topological polar surface area (TPSA) is 183 Å². The highest BCUT2D eigenvalue weighted by molar-refractivity contribution is 8.18. The number of Topliss-reactive ketones (excluding diaryl/α,β-unsaturated/α-hetero) is 1. The maximum absolute atomic E-state index is 14.3. The molecule has 4 atom stereocenters. The van der Waals surface area contributed by atoms with Crippen LogP contribution in [0.2, 0.25) is 0 Å². The van der Waals surface area contributed by atoms with E-state index in [4.69, 9.17) is 4.74 Å². The molecule has 5 N–H and O–H groups in total. The van der Waals surface area contributed by atoms with Crippen molar-refractivity contribution in [2.75, 3.05) is 31.2 Å². The van der Waals surface area contributed by atoms with Crippen LogP contribution >= 0.6 is 34.9 Å². The molecular weight excluding hydrogens is 691 g/mol. The first kappa shape index (κ1) is 40.6. The molecular formula is C33H51N5O8S3. The Balaban J connectivity index is 1.75. The number of hydrogen-bond donors (Lipinski definition) is 5. The summed E-state index contributed by atoms with van der Waals surface area (Å²) in [6, 6.07) is -0.250. The third-order valence-electron chi connectivity index (χ3n) is 7.92. The summed E-state index contributed by atoms with van der Waals surface area (Å²) in [5.74, 6) is -1.79. The number of amides is 5. The van der Waals surface area contributed by atoms with E-state index in [0.29, 0.717) is 12.8 Å². The third kappa shape index (κ3) is 11.6. The predicted molar refractivity (Wildman–Crippen MR) is 192 cm³/mol. The van der Waals surface area contributed by atoms with Crippen LogP contribution in [0.4, 0.5) is 4.79 Å². The van der Waals surface area contributed by atoms with Gasteiger partial charge in [0.15, 0.2) is 0 Å². The average Bonchev–Trinajstić information content (AvgIpc) is 3.68. The quantitative estimate of drug-likeness (QED) is 0.189. The summed E-state index contributed by atoms with van der Waals surface area (Å²) in [6.07, 6.45) is 1.22. The summed E-state index contributed by atoms with van der Waals surface area (Å²) < 4.78 is 5.01. The van der Waals surface area contributed by atoms with E-state index in [-0.39, 0.29) is 19.6 Å². The van der Waals surface area contributed by atoms with Crippen molar-refractivity contribution in [3.63, 3.8) is 0 Å². The number of ketones is 1. The summed E-state index contributed by atoms with van der Waals surface area (Å²) in [5, 5.41) is 21.9. The smallest absolute Gasteiger partial charge is 0.408 e. The number of alkyl carbamates (subject to hydrolysis) is 1. The van der Waals surface area contributed by atoms with Gasteiger partial charge < -0.3 is 36.0 Å². The van der Waals surface area contributed by atoms with E-state index < -0.39 is 81.3 Å². The summed E-state index contributed by atoms with van der Waals surface area (Å²) in [5.41, 5.74) is -1.52. The Kier molecular flexibility index (Phi) is 14.4. The molecule has 3 heterocycles. The number of likely N-dealkylation sites (tertiary alicyclic amines) is 1. The molecule has 0 saturated carbocycles. The first-order chi connectivity index (χ1) is 22.9. The van der Waals surface area contributed by atoms with E-state index in [2.05, 4.69) is 21.3 Å². The minimum atomic E-state index is -1.18. The van der Waals surface area contributed by atoms with E-state index in [9.17, 15) is 33.9 Å². The highest BCUT2D eigenvalue weighted by Gasteiger charge is 2.53. The van der Waals surface area contributed by atoms with Gasteiger partial charge in [-0.05, 0) is 62.0 Å². The first-order valence-corrected chi connectivity index (χ1v) is 19.4. The van der Waals surface area contributed by atoms with Crippen LogP contribution < -0.4 is 21.3 Å². The number of aliphatic hydroxyl groups is 1. The fourth-order valence-corrected chi connectivity index (χ4v) is 9.66. The fourth-order valence-electron chi connectivity index (χ4n) is 5.54. The Morgan fingerprint density at radius 1 is 1.04 bits per heavy atom. The third-order valence-corrected chi connectivity index (χ3v) is 12.2. The van der Waals surface area contributed by atoms with Crippen LogP contribution in [0, 0.1) is 5.41 Å². The average molecular weight is 742 g/mol. The number of carbonyl (C=O) groups is 6. The van der Waals surface area contributed by atoms with Gasteiger partial charge in [-0.15, -0.1) is 34.9 Å². The number of rotatable bonds is 13. The van der Waals surface area contributed by atoms with Crippen LogP contribution in [0.5, 0.6) is 0 Å². The number of ether oxygens (including phenoxy) is 1. The van der Waals surface area contributed by atoms with Gasteiger partial charge in [-0.25, -0.2) is 4.79 Å². The predicted octanol–water partition coefficient (Wildman–Crippen LogP) is 2.97. The van der Waals surface area contributed by atoms with Crippen LogP contribution in [0.1, 0.15) is 85.1 Å². The molecule has 1 aromatic heterocycles. The second-order valence-electron chi connectivity index (χ2n) is 14.3. The molecule has 49 heavy (non-hydrogen) atoms. The molecule has 5 amide bonds. The van der Waals surface area contributed by atoms with Gasteiger partial charge in [0.05, 0.1) is 29.3 Å². The van der Waals surface area contributed by atoms with Crippen molar-refractivity contribution in [2.45, 2.75) is 108 Å². The number of thioether (sulfide) groups is 2. The summed E-state index contributed by atoms with van der Waals surface area (Å²) in [7, 11) is 0. The molecule has 274 valence electrons. The van der Waals surface area contributed by atoms with Crippen LogP contribution in [0.3, 0.4) is 0 Å². The Morgan fingerprint density at radius 3 is 2.27 bits per heavy atom. The van der Waals surface area contributed by atoms with Gasteiger partial charge in [0.2, 0.25) is 23.5 Å². The molecule has 13 nitrogen and oxygen atoms in total. The molecule has 2 aliphatic rings. The zero-order valence-electron chi connectivity index (χ0n) is 29.4. The van der Waals surface area contributed by atoms with Gasteiger partial charge >= 0.3 is 6.09 Å². The highest BCUT2D eigenvalue weighted by Crippen LogP contribution is 2.50. The molecule has 16 heteroatoms. The lowest BCUT2D eigenvalue weighted by Gasteiger charge is -2.36. The Bertz CT molecular complexity index is 1340. The van der Waals surface area contributed by atoms with Gasteiger partial charge in [-0.2, -0.15) is 0 Å².